The molecule has 0 fully saturated rings. The molecular weight excluding hydrogens is 288 g/mol. The minimum absolute atomic E-state index is 0.301. The Morgan fingerprint density at radius 1 is 1.32 bits per heavy atom. The van der Waals surface area contributed by atoms with E-state index in [1.807, 2.05) is 0 Å². The quantitative estimate of drug-likeness (QED) is 0.848. The van der Waals surface area contributed by atoms with Gasteiger partial charge < -0.3 is 4.90 Å². The van der Waals surface area contributed by atoms with Gasteiger partial charge in [-0.15, -0.1) is 0 Å². The van der Waals surface area contributed by atoms with Crippen molar-refractivity contribution in [1.29, 1.82) is 0 Å². The van der Waals surface area contributed by atoms with Gasteiger partial charge in [-0.05, 0) is 25.1 Å². The molecule has 19 heavy (non-hydrogen) atoms. The molecule has 1 unspecified atom stereocenters. The van der Waals surface area contributed by atoms with Crippen molar-refractivity contribution in [2.45, 2.75) is 13.0 Å². The molecule has 0 radical (unpaired) electrons. The lowest BCUT2D eigenvalue weighted by Crippen LogP contribution is -2.47. The number of hydrogen-bond acceptors (Lipinski definition) is 3. The van der Waals surface area contributed by atoms with Gasteiger partial charge in [0.1, 0.15) is 6.04 Å². The molecule has 0 bridgehead atoms. The van der Waals surface area contributed by atoms with E-state index >= 15 is 0 Å². The summed E-state index contributed by atoms with van der Waals surface area (Å²) in [6.07, 6.45) is 1.06. The van der Waals surface area contributed by atoms with Crippen molar-refractivity contribution in [3.8, 4) is 0 Å². The first-order valence-electron chi connectivity index (χ1n) is 5.60. The molecule has 0 N–H and O–H groups in total. The summed E-state index contributed by atoms with van der Waals surface area (Å²) in [7, 11) is -0.424. The molecule has 0 spiro atoms. The van der Waals surface area contributed by atoms with E-state index in [0.29, 0.717) is 10.7 Å². The van der Waals surface area contributed by atoms with Gasteiger partial charge in [-0.25, -0.2) is 8.42 Å². The number of sulfonamides is 1. The van der Waals surface area contributed by atoms with E-state index in [0.717, 1.165) is 10.6 Å². The minimum Gasteiger partial charge on any atom is -0.347 e. The maximum atomic E-state index is 12.0. The number of hydrogen-bond donors (Lipinski definition) is 0. The highest BCUT2D eigenvalue weighted by molar-refractivity contribution is 7.92. The van der Waals surface area contributed by atoms with Crippen molar-refractivity contribution < 1.29 is 13.2 Å². The molecule has 0 aliphatic rings. The van der Waals surface area contributed by atoms with Crippen molar-refractivity contribution in [1.82, 2.24) is 4.90 Å². The zero-order valence-electron chi connectivity index (χ0n) is 11.3. The van der Waals surface area contributed by atoms with Crippen molar-refractivity contribution in [2.75, 3.05) is 24.7 Å². The molecule has 1 rings (SSSR count). The summed E-state index contributed by atoms with van der Waals surface area (Å²) in [5.41, 5.74) is 0.373. The van der Waals surface area contributed by atoms with Crippen LogP contribution in [0.5, 0.6) is 0 Å². The number of likely N-dealkylation sites (N-methyl/N-ethyl adjacent to an activating group) is 1. The van der Waals surface area contributed by atoms with Crippen LogP contribution < -0.4 is 4.31 Å². The van der Waals surface area contributed by atoms with E-state index < -0.39 is 16.1 Å². The highest BCUT2D eigenvalue weighted by Crippen LogP contribution is 2.24. The molecule has 1 atom stereocenters. The summed E-state index contributed by atoms with van der Waals surface area (Å²) in [6.45, 7) is 1.55. The van der Waals surface area contributed by atoms with Crippen LogP contribution in [0.1, 0.15) is 6.92 Å². The smallest absolute Gasteiger partial charge is 0.245 e. The van der Waals surface area contributed by atoms with Gasteiger partial charge in [-0.1, -0.05) is 17.7 Å². The topological polar surface area (TPSA) is 57.7 Å². The molecule has 0 aliphatic carbocycles. The number of benzene rings is 1. The molecule has 1 amide bonds. The lowest BCUT2D eigenvalue weighted by Gasteiger charge is -2.29. The number of halogens is 1. The Hall–Kier alpha value is -1.27. The molecule has 0 aromatic heterocycles. The molecule has 1 aromatic carbocycles. The zero-order valence-corrected chi connectivity index (χ0v) is 12.9. The standard InChI is InChI=1S/C12H17ClN2O3S/c1-9(12(16)14(2)3)15(19(4,17)18)11-7-5-6-10(13)8-11/h5-9H,1-4H3. The van der Waals surface area contributed by atoms with Gasteiger partial charge in [-0.3, -0.25) is 9.10 Å². The predicted octanol–water partition coefficient (Wildman–Crippen LogP) is 1.58. The van der Waals surface area contributed by atoms with Gasteiger partial charge in [0, 0.05) is 19.1 Å². The Bertz CT molecular complexity index is 572. The summed E-state index contributed by atoms with van der Waals surface area (Å²) in [5.74, 6) is -0.301. The van der Waals surface area contributed by atoms with Crippen molar-refractivity contribution in [3.63, 3.8) is 0 Å². The molecule has 106 valence electrons. The van der Waals surface area contributed by atoms with Gasteiger partial charge in [0.2, 0.25) is 15.9 Å². The van der Waals surface area contributed by atoms with E-state index in [1.54, 1.807) is 39.2 Å². The first-order valence-corrected chi connectivity index (χ1v) is 7.83. The van der Waals surface area contributed by atoms with Crippen LogP contribution in [-0.4, -0.2) is 45.6 Å². The second-order valence-electron chi connectivity index (χ2n) is 4.45. The van der Waals surface area contributed by atoms with E-state index in [2.05, 4.69) is 0 Å². The SMILES string of the molecule is CC(C(=O)N(C)C)N(c1cccc(Cl)c1)S(C)(=O)=O. The van der Waals surface area contributed by atoms with Crippen molar-refractivity contribution in [3.05, 3.63) is 29.3 Å². The summed E-state index contributed by atoms with van der Waals surface area (Å²) in [6, 6.07) is 5.57. The first kappa shape index (κ1) is 15.8. The fourth-order valence-electron chi connectivity index (χ4n) is 1.79. The number of anilines is 1. The largest absolute Gasteiger partial charge is 0.347 e. The van der Waals surface area contributed by atoms with Crippen LogP contribution in [0.4, 0.5) is 5.69 Å². The van der Waals surface area contributed by atoms with Crippen LogP contribution >= 0.6 is 11.6 Å². The monoisotopic (exact) mass is 304 g/mol. The van der Waals surface area contributed by atoms with Gasteiger partial charge in [0.05, 0.1) is 11.9 Å². The maximum Gasteiger partial charge on any atom is 0.245 e. The fourth-order valence-corrected chi connectivity index (χ4v) is 3.14. The van der Waals surface area contributed by atoms with E-state index in [-0.39, 0.29) is 5.91 Å². The third kappa shape index (κ3) is 3.84. The lowest BCUT2D eigenvalue weighted by molar-refractivity contribution is -0.129. The van der Waals surface area contributed by atoms with Gasteiger partial charge >= 0.3 is 0 Å². The first-order chi connectivity index (χ1) is 8.64. The average molecular weight is 305 g/mol. The van der Waals surface area contributed by atoms with Crippen molar-refractivity contribution >= 4 is 33.2 Å². The van der Waals surface area contributed by atoms with Crippen molar-refractivity contribution in [2.24, 2.45) is 0 Å². The predicted molar refractivity (Wildman–Crippen MR) is 76.9 cm³/mol. The highest BCUT2D eigenvalue weighted by atomic mass is 35.5. The molecule has 0 heterocycles. The van der Waals surface area contributed by atoms with Crippen LogP contribution in [-0.2, 0) is 14.8 Å². The van der Waals surface area contributed by atoms with Crippen LogP contribution in [0.3, 0.4) is 0 Å². The lowest BCUT2D eigenvalue weighted by atomic mass is 10.2. The summed E-state index contributed by atoms with van der Waals surface area (Å²) >= 11 is 5.87. The zero-order chi connectivity index (χ0) is 14.8. The van der Waals surface area contributed by atoms with E-state index in [9.17, 15) is 13.2 Å². The Labute approximate surface area is 118 Å². The second kappa shape index (κ2) is 5.79. The highest BCUT2D eigenvalue weighted by Gasteiger charge is 2.29. The maximum absolute atomic E-state index is 12.0. The normalized spacial score (nSPS) is 12.9. The van der Waals surface area contributed by atoms with Crippen LogP contribution in [0.15, 0.2) is 24.3 Å². The fraction of sp³-hybridized carbons (Fsp3) is 0.417. The molecule has 7 heteroatoms. The van der Waals surface area contributed by atoms with Crippen LogP contribution in [0, 0.1) is 0 Å². The number of amides is 1. The molecule has 1 aromatic rings. The summed E-state index contributed by atoms with van der Waals surface area (Å²) in [5, 5.41) is 0.413. The Kier molecular flexibility index (Phi) is 4.81. The van der Waals surface area contributed by atoms with Gasteiger partial charge in [-0.2, -0.15) is 0 Å². The second-order valence-corrected chi connectivity index (χ2v) is 6.74. The van der Waals surface area contributed by atoms with E-state index in [4.69, 9.17) is 11.6 Å². The molecule has 0 saturated carbocycles. The molecule has 5 nitrogen and oxygen atoms in total. The molecular formula is C12H17ClN2O3S. The molecule has 0 aliphatic heterocycles. The van der Waals surface area contributed by atoms with Crippen LogP contribution in [0.25, 0.3) is 0 Å². The van der Waals surface area contributed by atoms with E-state index in [1.165, 1.54) is 11.0 Å². The van der Waals surface area contributed by atoms with Gasteiger partial charge in [0.25, 0.3) is 0 Å². The number of rotatable bonds is 4. The number of carbonyl (C=O) groups excluding carboxylic acids is 1. The molecule has 0 saturated heterocycles. The Balaban J connectivity index is 3.28. The van der Waals surface area contributed by atoms with Crippen LogP contribution in [0.2, 0.25) is 5.02 Å². The Morgan fingerprint density at radius 2 is 1.89 bits per heavy atom. The summed E-state index contributed by atoms with van der Waals surface area (Å²) in [4.78, 5) is 13.3. The minimum atomic E-state index is -3.59. The number of nitrogens with zero attached hydrogens (tertiary/aromatic N) is 2. The van der Waals surface area contributed by atoms with Gasteiger partial charge in [0.15, 0.2) is 0 Å². The average Bonchev–Trinajstić information content (AvgIpc) is 2.26. The third-order valence-electron chi connectivity index (χ3n) is 2.57. The summed E-state index contributed by atoms with van der Waals surface area (Å²) < 4.78 is 24.9. The number of carbonyl (C=O) groups is 1. The Morgan fingerprint density at radius 3 is 2.32 bits per heavy atom. The third-order valence-corrected chi connectivity index (χ3v) is 4.05.